The Labute approximate surface area is 318 Å². The molecule has 0 rings (SSSR count). The number of rotatable bonds is 40. The summed E-state index contributed by atoms with van der Waals surface area (Å²) in [5, 5.41) is 0. The van der Waals surface area contributed by atoms with Crippen molar-refractivity contribution in [3.8, 4) is 0 Å². The second-order valence-electron chi connectivity index (χ2n) is 14.0. The zero-order valence-electron chi connectivity index (χ0n) is 33.3. The Morgan fingerprint density at radius 2 is 0.942 bits per heavy atom. The van der Waals surface area contributed by atoms with Crippen LogP contribution in [0.15, 0.2) is 24.3 Å². The molecule has 2 atom stereocenters. The van der Waals surface area contributed by atoms with Crippen LogP contribution in [-0.4, -0.2) is 49.0 Å². The number of hydrogen-bond acceptors (Lipinski definition) is 8. The van der Waals surface area contributed by atoms with Crippen LogP contribution in [0.25, 0.3) is 0 Å². The zero-order chi connectivity index (χ0) is 38.2. The molecule has 0 aromatic carbocycles. The summed E-state index contributed by atoms with van der Waals surface area (Å²) >= 11 is 0. The minimum atomic E-state index is -4.47. The number of phosphoric acid groups is 1. The highest BCUT2D eigenvalue weighted by Crippen LogP contribution is 2.43. The molecule has 0 aliphatic heterocycles. The second kappa shape index (κ2) is 38.9. The van der Waals surface area contributed by atoms with Crippen molar-refractivity contribution in [2.75, 3.05) is 19.8 Å². The maximum atomic E-state index is 12.6. The van der Waals surface area contributed by atoms with Gasteiger partial charge < -0.3 is 19.2 Å². The highest BCUT2D eigenvalue weighted by Gasteiger charge is 2.26. The Kier molecular flexibility index (Phi) is 37.6. The van der Waals surface area contributed by atoms with Gasteiger partial charge in [-0.05, 0) is 64.2 Å². The van der Waals surface area contributed by atoms with Gasteiger partial charge in [0.05, 0.1) is 13.2 Å². The fourth-order valence-electron chi connectivity index (χ4n) is 5.73. The van der Waals surface area contributed by atoms with Crippen molar-refractivity contribution in [3.05, 3.63) is 24.3 Å². The quantitative estimate of drug-likeness (QED) is 0.0214. The topological polar surface area (TPSA) is 125 Å². The maximum Gasteiger partial charge on any atom is 0.472 e. The van der Waals surface area contributed by atoms with E-state index in [1.165, 1.54) is 89.9 Å². The van der Waals surface area contributed by atoms with Crippen molar-refractivity contribution in [1.82, 2.24) is 0 Å². The Bertz CT molecular complexity index is 936. The molecular weight excluding hydrogens is 679 g/mol. The molecular formula is C42H77O9P. The first-order chi connectivity index (χ1) is 25.3. The number of hydrogen-bond donors (Lipinski definition) is 1. The van der Waals surface area contributed by atoms with Crippen LogP contribution in [0.3, 0.4) is 0 Å². The van der Waals surface area contributed by atoms with Crippen molar-refractivity contribution in [2.24, 2.45) is 0 Å². The Hall–Kier alpha value is -1.80. The van der Waals surface area contributed by atoms with Gasteiger partial charge in [-0.15, -0.1) is 0 Å². The molecule has 0 aliphatic carbocycles. The number of carbonyl (C=O) groups is 3. The predicted molar refractivity (Wildman–Crippen MR) is 212 cm³/mol. The van der Waals surface area contributed by atoms with E-state index in [0.29, 0.717) is 19.1 Å². The minimum absolute atomic E-state index is 0.0593. The van der Waals surface area contributed by atoms with Gasteiger partial charge in [-0.2, -0.15) is 0 Å². The number of unbranched alkanes of at least 4 members (excludes halogenated alkanes) is 22. The van der Waals surface area contributed by atoms with E-state index in [2.05, 4.69) is 38.2 Å². The lowest BCUT2D eigenvalue weighted by molar-refractivity contribution is -0.161. The van der Waals surface area contributed by atoms with Gasteiger partial charge in [0.2, 0.25) is 0 Å². The molecule has 0 bridgehead atoms. The molecule has 0 aromatic heterocycles. The van der Waals surface area contributed by atoms with Gasteiger partial charge in [-0.1, -0.05) is 141 Å². The molecule has 9 nitrogen and oxygen atoms in total. The number of allylic oxidation sites excluding steroid dienone is 4. The lowest BCUT2D eigenvalue weighted by Crippen LogP contribution is -2.29. The van der Waals surface area contributed by atoms with Crippen LogP contribution in [0.4, 0.5) is 0 Å². The maximum absolute atomic E-state index is 12.6. The van der Waals surface area contributed by atoms with Crippen LogP contribution in [0, 0.1) is 0 Å². The van der Waals surface area contributed by atoms with Gasteiger partial charge in [-0.3, -0.25) is 18.6 Å². The van der Waals surface area contributed by atoms with E-state index in [4.69, 9.17) is 18.5 Å². The average molecular weight is 757 g/mol. The smallest absolute Gasteiger partial charge is 0.462 e. The fourth-order valence-corrected chi connectivity index (χ4v) is 6.50. The SMILES string of the molecule is CCCCCCCCC=CCCCCCCCC(=O)OC[C@H](COP(=O)(O)OCCC=O)OC(=O)CCCCCCCC=CCCCCCCCC. The third-order valence-electron chi connectivity index (χ3n) is 8.93. The minimum Gasteiger partial charge on any atom is -0.462 e. The van der Waals surface area contributed by atoms with E-state index in [0.717, 1.165) is 64.2 Å². The molecule has 0 heterocycles. The molecule has 10 heteroatoms. The van der Waals surface area contributed by atoms with E-state index in [9.17, 15) is 23.8 Å². The van der Waals surface area contributed by atoms with E-state index >= 15 is 0 Å². The van der Waals surface area contributed by atoms with Crippen molar-refractivity contribution in [3.63, 3.8) is 0 Å². The van der Waals surface area contributed by atoms with Crippen LogP contribution in [0.2, 0.25) is 0 Å². The molecule has 0 aliphatic rings. The summed E-state index contributed by atoms with van der Waals surface area (Å²) in [6, 6.07) is 0. The van der Waals surface area contributed by atoms with Gasteiger partial charge in [0.1, 0.15) is 12.9 Å². The molecule has 0 amide bonds. The monoisotopic (exact) mass is 757 g/mol. The average Bonchev–Trinajstić information content (AvgIpc) is 3.12. The van der Waals surface area contributed by atoms with E-state index in [1.54, 1.807) is 0 Å². The molecule has 1 N–H and O–H groups in total. The van der Waals surface area contributed by atoms with Crippen LogP contribution >= 0.6 is 7.82 Å². The summed E-state index contributed by atoms with van der Waals surface area (Å²) in [5.41, 5.74) is 0. The molecule has 0 aromatic rings. The summed E-state index contributed by atoms with van der Waals surface area (Å²) in [5.74, 6) is -0.889. The predicted octanol–water partition coefficient (Wildman–Crippen LogP) is 12.2. The van der Waals surface area contributed by atoms with Gasteiger partial charge in [0, 0.05) is 19.3 Å². The molecule has 52 heavy (non-hydrogen) atoms. The van der Waals surface area contributed by atoms with E-state index in [1.807, 2.05) is 0 Å². The molecule has 0 radical (unpaired) electrons. The van der Waals surface area contributed by atoms with Crippen LogP contribution in [-0.2, 0) is 37.5 Å². The number of phosphoric ester groups is 1. The molecule has 0 spiro atoms. The van der Waals surface area contributed by atoms with Crippen molar-refractivity contribution in [2.45, 2.75) is 206 Å². The lowest BCUT2D eigenvalue weighted by Gasteiger charge is -2.19. The highest BCUT2D eigenvalue weighted by molar-refractivity contribution is 7.47. The summed E-state index contributed by atoms with van der Waals surface area (Å²) in [6.07, 6.45) is 39.3. The van der Waals surface area contributed by atoms with E-state index in [-0.39, 0.29) is 32.5 Å². The van der Waals surface area contributed by atoms with Crippen LogP contribution < -0.4 is 0 Å². The molecule has 0 fully saturated rings. The van der Waals surface area contributed by atoms with Gasteiger partial charge in [-0.25, -0.2) is 4.57 Å². The number of aldehydes is 1. The third kappa shape index (κ3) is 37.9. The highest BCUT2D eigenvalue weighted by atomic mass is 31.2. The molecule has 0 saturated carbocycles. The molecule has 1 unspecified atom stereocenters. The Morgan fingerprint density at radius 3 is 1.38 bits per heavy atom. The van der Waals surface area contributed by atoms with Gasteiger partial charge in [0.25, 0.3) is 0 Å². The fraction of sp³-hybridized carbons (Fsp3) is 0.833. The first kappa shape index (κ1) is 50.2. The van der Waals surface area contributed by atoms with Gasteiger partial charge >= 0.3 is 19.8 Å². The first-order valence-corrected chi connectivity index (χ1v) is 22.5. The van der Waals surface area contributed by atoms with Crippen molar-refractivity contribution < 1.29 is 42.4 Å². The Balaban J connectivity index is 4.26. The first-order valence-electron chi connectivity index (χ1n) is 21.0. The molecule has 304 valence electrons. The Morgan fingerprint density at radius 1 is 0.538 bits per heavy atom. The van der Waals surface area contributed by atoms with Crippen LogP contribution in [0.5, 0.6) is 0 Å². The lowest BCUT2D eigenvalue weighted by atomic mass is 10.1. The largest absolute Gasteiger partial charge is 0.472 e. The number of esters is 2. The van der Waals surface area contributed by atoms with E-state index < -0.39 is 32.5 Å². The normalized spacial score (nSPS) is 13.4. The third-order valence-corrected chi connectivity index (χ3v) is 9.91. The second-order valence-corrected chi connectivity index (χ2v) is 15.5. The summed E-state index contributed by atoms with van der Waals surface area (Å²) in [4.78, 5) is 45.3. The molecule has 0 saturated heterocycles. The van der Waals surface area contributed by atoms with Crippen LogP contribution in [0.1, 0.15) is 200 Å². The van der Waals surface area contributed by atoms with Crippen molar-refractivity contribution in [1.29, 1.82) is 0 Å². The summed E-state index contributed by atoms with van der Waals surface area (Å²) in [7, 11) is -4.47. The summed E-state index contributed by atoms with van der Waals surface area (Å²) < 4.78 is 32.7. The van der Waals surface area contributed by atoms with Crippen molar-refractivity contribution >= 4 is 26.0 Å². The number of carbonyl (C=O) groups excluding carboxylic acids is 3. The zero-order valence-corrected chi connectivity index (χ0v) is 34.1. The standard InChI is InChI=1S/C42H77O9P/c1-3-5-7-9-11-13-15-17-19-21-23-25-27-29-31-34-41(44)48-38-40(39-50-52(46,47)49-37-33-36-43)51-42(45)35-32-30-28-26-24-22-20-18-16-14-12-10-8-6-4-2/h17-20,36,40H,3-16,21-35,37-39H2,1-2H3,(H,46,47)/t40-/m1/s1. The van der Waals surface area contributed by atoms with Gasteiger partial charge in [0.15, 0.2) is 6.10 Å². The summed E-state index contributed by atoms with van der Waals surface area (Å²) in [6.45, 7) is 3.45. The number of ether oxygens (including phenoxy) is 2.